The van der Waals surface area contributed by atoms with Crippen LogP contribution in [0.1, 0.15) is 5.56 Å². The van der Waals surface area contributed by atoms with E-state index in [1.165, 1.54) is 19.2 Å². The van der Waals surface area contributed by atoms with Crippen LogP contribution in [0.3, 0.4) is 0 Å². The number of amides is 1. The van der Waals surface area contributed by atoms with Crippen molar-refractivity contribution in [2.45, 2.75) is 5.75 Å². The Kier molecular flexibility index (Phi) is 6.45. The second-order valence-corrected chi connectivity index (χ2v) is 6.01. The summed E-state index contributed by atoms with van der Waals surface area (Å²) in [7, 11) is 1.32. The maximum Gasteiger partial charge on any atom is 0.311 e. The van der Waals surface area contributed by atoms with Gasteiger partial charge in [-0.25, -0.2) is 13.2 Å². The first-order valence-electron chi connectivity index (χ1n) is 7.16. The van der Waals surface area contributed by atoms with Gasteiger partial charge in [-0.1, -0.05) is 6.07 Å². The van der Waals surface area contributed by atoms with Gasteiger partial charge in [-0.3, -0.25) is 14.9 Å². The van der Waals surface area contributed by atoms with Crippen LogP contribution in [0.5, 0.6) is 5.75 Å². The lowest BCUT2D eigenvalue weighted by Gasteiger charge is -2.08. The zero-order chi connectivity index (χ0) is 19.3. The molecule has 0 saturated carbocycles. The molecule has 0 fully saturated rings. The second-order valence-electron chi connectivity index (χ2n) is 5.03. The molecule has 0 radical (unpaired) electrons. The van der Waals surface area contributed by atoms with E-state index in [1.807, 2.05) is 0 Å². The molecule has 2 aromatic carbocycles. The molecule has 0 spiro atoms. The van der Waals surface area contributed by atoms with Crippen molar-refractivity contribution in [1.29, 1.82) is 0 Å². The summed E-state index contributed by atoms with van der Waals surface area (Å²) in [5, 5.41) is 13.1. The van der Waals surface area contributed by atoms with Gasteiger partial charge in [-0.05, 0) is 23.8 Å². The highest BCUT2D eigenvalue weighted by Crippen LogP contribution is 2.29. The SMILES string of the molecule is COc1ccc(CSCC(=O)Nc2ccc(F)c(F)c2F)cc1[N+](=O)[O-]. The van der Waals surface area contributed by atoms with E-state index in [4.69, 9.17) is 4.74 Å². The number of hydrogen-bond donors (Lipinski definition) is 1. The Morgan fingerprint density at radius 1 is 1.23 bits per heavy atom. The first kappa shape index (κ1) is 19.6. The Balaban J connectivity index is 1.94. The topological polar surface area (TPSA) is 81.5 Å². The molecule has 0 heterocycles. The fraction of sp³-hybridized carbons (Fsp3) is 0.188. The normalized spacial score (nSPS) is 10.5. The third-order valence-corrected chi connectivity index (χ3v) is 4.25. The number of carbonyl (C=O) groups is 1. The van der Waals surface area contributed by atoms with Gasteiger partial charge in [-0.15, -0.1) is 11.8 Å². The van der Waals surface area contributed by atoms with Gasteiger partial charge in [0.1, 0.15) is 0 Å². The van der Waals surface area contributed by atoms with Gasteiger partial charge in [0.05, 0.1) is 23.5 Å². The van der Waals surface area contributed by atoms with Crippen molar-refractivity contribution in [2.24, 2.45) is 0 Å². The van der Waals surface area contributed by atoms with Crippen molar-refractivity contribution >= 4 is 29.0 Å². The molecule has 0 aliphatic carbocycles. The molecule has 0 atom stereocenters. The van der Waals surface area contributed by atoms with E-state index in [1.54, 1.807) is 6.07 Å². The van der Waals surface area contributed by atoms with Gasteiger partial charge >= 0.3 is 5.69 Å². The van der Waals surface area contributed by atoms with Gasteiger partial charge in [-0.2, -0.15) is 0 Å². The highest BCUT2D eigenvalue weighted by molar-refractivity contribution is 7.99. The van der Waals surface area contributed by atoms with Gasteiger partial charge in [0, 0.05) is 11.8 Å². The number of nitrogens with zero attached hydrogens (tertiary/aromatic N) is 1. The molecule has 0 aromatic heterocycles. The zero-order valence-corrected chi connectivity index (χ0v) is 14.2. The van der Waals surface area contributed by atoms with Crippen LogP contribution in [0, 0.1) is 27.6 Å². The number of anilines is 1. The van der Waals surface area contributed by atoms with Crippen LogP contribution in [-0.2, 0) is 10.5 Å². The molecule has 0 saturated heterocycles. The number of methoxy groups -OCH3 is 1. The zero-order valence-electron chi connectivity index (χ0n) is 13.4. The summed E-state index contributed by atoms with van der Waals surface area (Å²) in [4.78, 5) is 22.2. The number of nitro benzene ring substituents is 1. The minimum Gasteiger partial charge on any atom is -0.490 e. The molecule has 0 aliphatic heterocycles. The number of thioether (sulfide) groups is 1. The van der Waals surface area contributed by atoms with Crippen LogP contribution in [0.2, 0.25) is 0 Å². The number of nitro groups is 1. The number of halogens is 3. The molecular weight excluding hydrogens is 373 g/mol. The van der Waals surface area contributed by atoms with Crippen molar-refractivity contribution in [1.82, 2.24) is 0 Å². The summed E-state index contributed by atoms with van der Waals surface area (Å²) in [6.45, 7) is 0. The maximum absolute atomic E-state index is 13.5. The van der Waals surface area contributed by atoms with E-state index < -0.39 is 34.0 Å². The quantitative estimate of drug-likeness (QED) is 0.444. The Morgan fingerprint density at radius 2 is 1.96 bits per heavy atom. The second kappa shape index (κ2) is 8.56. The van der Waals surface area contributed by atoms with Crippen molar-refractivity contribution in [2.75, 3.05) is 18.2 Å². The number of hydrogen-bond acceptors (Lipinski definition) is 5. The van der Waals surface area contributed by atoms with E-state index in [2.05, 4.69) is 5.32 Å². The summed E-state index contributed by atoms with van der Waals surface area (Å²) < 4.78 is 44.3. The molecule has 0 unspecified atom stereocenters. The summed E-state index contributed by atoms with van der Waals surface area (Å²) in [6.07, 6.45) is 0. The van der Waals surface area contributed by atoms with E-state index in [-0.39, 0.29) is 22.9 Å². The van der Waals surface area contributed by atoms with Crippen LogP contribution in [0.15, 0.2) is 30.3 Å². The lowest BCUT2D eigenvalue weighted by atomic mass is 10.2. The largest absolute Gasteiger partial charge is 0.490 e. The fourth-order valence-corrected chi connectivity index (χ4v) is 2.81. The Bertz CT molecular complexity index is 848. The van der Waals surface area contributed by atoms with Crippen molar-refractivity contribution in [3.63, 3.8) is 0 Å². The fourth-order valence-electron chi connectivity index (χ4n) is 2.04. The predicted molar refractivity (Wildman–Crippen MR) is 90.8 cm³/mol. The van der Waals surface area contributed by atoms with E-state index in [9.17, 15) is 28.1 Å². The van der Waals surface area contributed by atoms with Crippen LogP contribution in [0.25, 0.3) is 0 Å². The molecule has 26 heavy (non-hydrogen) atoms. The summed E-state index contributed by atoms with van der Waals surface area (Å²) >= 11 is 1.12. The molecule has 6 nitrogen and oxygen atoms in total. The minimum absolute atomic E-state index is 0.113. The third-order valence-electron chi connectivity index (χ3n) is 3.25. The first-order valence-corrected chi connectivity index (χ1v) is 8.31. The number of benzene rings is 2. The summed E-state index contributed by atoms with van der Waals surface area (Å²) in [5.74, 6) is -4.83. The lowest BCUT2D eigenvalue weighted by Crippen LogP contribution is -2.16. The Morgan fingerprint density at radius 3 is 2.62 bits per heavy atom. The van der Waals surface area contributed by atoms with Crippen molar-refractivity contribution in [3.8, 4) is 5.75 Å². The molecular formula is C16H13F3N2O4S. The number of rotatable bonds is 7. The first-order chi connectivity index (χ1) is 12.3. The third kappa shape index (κ3) is 4.66. The van der Waals surface area contributed by atoms with Crippen LogP contribution >= 0.6 is 11.8 Å². The highest BCUT2D eigenvalue weighted by atomic mass is 32.2. The number of ether oxygens (including phenoxy) is 1. The molecule has 138 valence electrons. The summed E-state index contributed by atoms with van der Waals surface area (Å²) in [5.41, 5.74) is -0.0668. The number of carbonyl (C=O) groups excluding carboxylic acids is 1. The van der Waals surface area contributed by atoms with Gasteiger partial charge in [0.15, 0.2) is 23.2 Å². The standard InChI is InChI=1S/C16H13F3N2O4S/c1-25-13-5-2-9(6-12(13)21(23)24)7-26-8-14(22)20-11-4-3-10(17)15(18)16(11)19/h2-6H,7-8H2,1H3,(H,20,22). The van der Waals surface area contributed by atoms with E-state index >= 15 is 0 Å². The Labute approximate surface area is 150 Å². The molecule has 2 rings (SSSR count). The molecule has 0 aliphatic rings. The molecule has 10 heteroatoms. The maximum atomic E-state index is 13.5. The van der Waals surface area contributed by atoms with Crippen LogP contribution < -0.4 is 10.1 Å². The van der Waals surface area contributed by atoms with Crippen LogP contribution in [-0.4, -0.2) is 23.7 Å². The molecule has 0 bridgehead atoms. The van der Waals surface area contributed by atoms with Crippen LogP contribution in [0.4, 0.5) is 24.5 Å². The van der Waals surface area contributed by atoms with E-state index in [0.717, 1.165) is 17.8 Å². The predicted octanol–water partition coefficient (Wildman–Crippen LogP) is 3.89. The number of nitrogens with one attached hydrogen (secondary N) is 1. The minimum atomic E-state index is -1.67. The Hall–Kier alpha value is -2.75. The van der Waals surface area contributed by atoms with Crippen molar-refractivity contribution in [3.05, 3.63) is 63.5 Å². The summed E-state index contributed by atoms with van der Waals surface area (Å²) in [6, 6.07) is 6.02. The average molecular weight is 386 g/mol. The molecule has 1 N–H and O–H groups in total. The smallest absolute Gasteiger partial charge is 0.311 e. The molecule has 1 amide bonds. The van der Waals surface area contributed by atoms with Gasteiger partial charge in [0.25, 0.3) is 0 Å². The van der Waals surface area contributed by atoms with Gasteiger partial charge in [0.2, 0.25) is 5.91 Å². The van der Waals surface area contributed by atoms with E-state index in [0.29, 0.717) is 11.6 Å². The monoisotopic (exact) mass is 386 g/mol. The van der Waals surface area contributed by atoms with Crippen molar-refractivity contribution < 1.29 is 27.6 Å². The lowest BCUT2D eigenvalue weighted by molar-refractivity contribution is -0.385. The average Bonchev–Trinajstić information content (AvgIpc) is 2.62. The highest BCUT2D eigenvalue weighted by Gasteiger charge is 2.17. The van der Waals surface area contributed by atoms with Gasteiger partial charge < -0.3 is 10.1 Å². The molecule has 2 aromatic rings.